The van der Waals surface area contributed by atoms with E-state index in [4.69, 9.17) is 30.6 Å². The van der Waals surface area contributed by atoms with Crippen molar-refractivity contribution in [2.24, 2.45) is 0 Å². The fourth-order valence-corrected chi connectivity index (χ4v) is 3.64. The van der Waals surface area contributed by atoms with Crippen LogP contribution in [-0.2, 0) is 10.7 Å². The van der Waals surface area contributed by atoms with E-state index in [9.17, 15) is 0 Å². The van der Waals surface area contributed by atoms with Crippen LogP contribution in [0, 0.1) is 0 Å². The number of hydrogen-bond donors (Lipinski definition) is 0. The molecule has 6 saturated heterocycles. The Labute approximate surface area is 152 Å². The third-order valence-corrected chi connectivity index (χ3v) is 5.74. The van der Waals surface area contributed by atoms with Gasteiger partial charge in [-0.15, -0.1) is 0 Å². The zero-order valence-corrected chi connectivity index (χ0v) is 17.0. The molecule has 0 amide bonds. The van der Waals surface area contributed by atoms with E-state index in [0.717, 1.165) is 0 Å². The first-order valence-corrected chi connectivity index (χ1v) is 12.1. The second-order valence-electron chi connectivity index (χ2n) is 7.40. The van der Waals surface area contributed by atoms with Crippen molar-refractivity contribution in [2.45, 2.75) is 0 Å². The molecule has 0 radical (unpaired) electrons. The van der Waals surface area contributed by atoms with E-state index < -0.39 is 10.7 Å². The van der Waals surface area contributed by atoms with Crippen molar-refractivity contribution in [3.63, 3.8) is 0 Å². The van der Waals surface area contributed by atoms with Crippen LogP contribution >= 0.6 is 30.6 Å². The van der Waals surface area contributed by atoms with E-state index in [1.807, 2.05) is 0 Å². The number of halogens is 3. The zero-order chi connectivity index (χ0) is 16.2. The molecular formula is C14H30Cl3N4Ni+2. The van der Waals surface area contributed by atoms with E-state index in [2.05, 4.69) is 23.9 Å². The minimum atomic E-state index is -1.04. The molecule has 8 heteroatoms. The summed E-state index contributed by atoms with van der Waals surface area (Å²) in [5.41, 5.74) is 0. The van der Waals surface area contributed by atoms with Crippen LogP contribution < -0.4 is 0 Å². The molecule has 6 aliphatic heterocycles. The van der Waals surface area contributed by atoms with E-state index in [-0.39, 0.29) is 0 Å². The van der Waals surface area contributed by atoms with Crippen LogP contribution in [0.1, 0.15) is 0 Å². The van der Waals surface area contributed by atoms with Gasteiger partial charge in [-0.3, -0.25) is 9.80 Å². The average molecular weight is 419 g/mol. The van der Waals surface area contributed by atoms with Crippen LogP contribution in [0.15, 0.2) is 0 Å². The van der Waals surface area contributed by atoms with Crippen molar-refractivity contribution in [3.8, 4) is 0 Å². The Bertz CT molecular complexity index is 283. The molecule has 0 saturated carbocycles. The standard InChI is InChI=1S/2C7H15N2.3ClH.Ni/c2*1-9-5-2-8(3-6-9)4-7-9;;;;/h2*2-7H2,1H3;3*1H;/q2*+1;;;;+3/p-3. The van der Waals surface area contributed by atoms with Crippen LogP contribution in [0.25, 0.3) is 0 Å². The van der Waals surface area contributed by atoms with Crippen molar-refractivity contribution in [3.05, 3.63) is 0 Å². The molecule has 0 aromatic carbocycles. The van der Waals surface area contributed by atoms with E-state index in [0.29, 0.717) is 0 Å². The van der Waals surface area contributed by atoms with Gasteiger partial charge in [0.05, 0.1) is 53.4 Å². The van der Waals surface area contributed by atoms with Gasteiger partial charge < -0.3 is 8.97 Å². The van der Waals surface area contributed by atoms with Crippen molar-refractivity contribution < 1.29 is 19.7 Å². The Morgan fingerprint density at radius 1 is 0.591 bits per heavy atom. The first kappa shape index (κ1) is 19.5. The Morgan fingerprint density at radius 2 is 0.773 bits per heavy atom. The summed E-state index contributed by atoms with van der Waals surface area (Å²) < 4.78 is 2.69. The zero-order valence-electron chi connectivity index (χ0n) is 13.7. The first-order chi connectivity index (χ1) is 10.3. The van der Waals surface area contributed by atoms with Gasteiger partial charge >= 0.3 is 41.3 Å². The average Bonchev–Trinajstić information content (AvgIpc) is 2.49. The summed E-state index contributed by atoms with van der Waals surface area (Å²) in [6.45, 7) is 16.4. The van der Waals surface area contributed by atoms with Crippen LogP contribution in [0.2, 0.25) is 0 Å². The third-order valence-electron chi connectivity index (χ3n) is 5.74. The quantitative estimate of drug-likeness (QED) is 0.435. The molecule has 4 bridgehead atoms. The summed E-state index contributed by atoms with van der Waals surface area (Å²) in [7, 11) is 18.3. The Kier molecular flexibility index (Phi) is 7.57. The molecule has 22 heavy (non-hydrogen) atoms. The maximum atomic E-state index is 4.85. The summed E-state index contributed by atoms with van der Waals surface area (Å²) in [5.74, 6) is 0. The predicted octanol–water partition coefficient (Wildman–Crippen LogP) is 1.59. The Hall–Kier alpha value is 1.20. The summed E-state index contributed by atoms with van der Waals surface area (Å²) in [6, 6.07) is 0. The molecule has 4 nitrogen and oxygen atoms in total. The summed E-state index contributed by atoms with van der Waals surface area (Å²) in [4.78, 5) is 5.15. The number of quaternary nitrogens is 2. The van der Waals surface area contributed by atoms with Crippen molar-refractivity contribution in [1.82, 2.24) is 9.80 Å². The fraction of sp³-hybridized carbons (Fsp3) is 1.00. The van der Waals surface area contributed by atoms with E-state index >= 15 is 0 Å². The van der Waals surface area contributed by atoms with Gasteiger partial charge in [-0.1, -0.05) is 0 Å². The van der Waals surface area contributed by atoms with Crippen molar-refractivity contribution in [2.75, 3.05) is 92.6 Å². The molecule has 0 atom stereocenters. The number of hydrogen-bond acceptors (Lipinski definition) is 2. The number of likely N-dealkylation sites (N-methyl/N-ethyl adjacent to an activating group) is 2. The monoisotopic (exact) mass is 417 g/mol. The Balaban J connectivity index is 0.000000131. The molecule has 0 aromatic rings. The predicted molar refractivity (Wildman–Crippen MR) is 92.0 cm³/mol. The van der Waals surface area contributed by atoms with Crippen molar-refractivity contribution in [1.29, 1.82) is 0 Å². The van der Waals surface area contributed by atoms with Gasteiger partial charge in [-0.2, -0.15) is 0 Å². The van der Waals surface area contributed by atoms with Gasteiger partial charge in [0.15, 0.2) is 0 Å². The molecule has 6 heterocycles. The molecule has 6 aliphatic rings. The van der Waals surface area contributed by atoms with Gasteiger partial charge in [0.1, 0.15) is 0 Å². The first-order valence-electron chi connectivity index (χ1n) is 8.05. The third kappa shape index (κ3) is 6.25. The number of rotatable bonds is 0. The number of piperazine rings is 6. The minimum absolute atomic E-state index is 1.04. The molecule has 0 aromatic heterocycles. The van der Waals surface area contributed by atoms with Crippen LogP contribution in [-0.4, -0.2) is 111 Å². The SMILES string of the molecule is C[N+]12CCN(CC1)CC2.C[N+]12CCN(CC1)CC2.[Cl][Ni]([Cl])[Cl]. The molecule has 135 valence electrons. The number of nitrogens with zero attached hydrogens (tertiary/aromatic N) is 4. The van der Waals surface area contributed by atoms with Crippen LogP contribution in [0.5, 0.6) is 0 Å². The van der Waals surface area contributed by atoms with Gasteiger partial charge in [0.2, 0.25) is 0 Å². The molecular weight excluding hydrogens is 389 g/mol. The van der Waals surface area contributed by atoms with E-state index in [1.165, 1.54) is 87.5 Å². The van der Waals surface area contributed by atoms with E-state index in [1.54, 1.807) is 0 Å². The van der Waals surface area contributed by atoms with Gasteiger partial charge in [0.25, 0.3) is 0 Å². The number of fused-ring (bicyclic) bond motifs is 6. The molecule has 0 spiro atoms. The van der Waals surface area contributed by atoms with Gasteiger partial charge in [0, 0.05) is 39.3 Å². The molecule has 0 N–H and O–H groups in total. The molecule has 6 rings (SSSR count). The second-order valence-corrected chi connectivity index (χ2v) is 12.3. The maximum absolute atomic E-state index is 4.85. The normalized spacial score (nSPS) is 42.7. The summed E-state index contributed by atoms with van der Waals surface area (Å²) >= 11 is 0. The fourth-order valence-electron chi connectivity index (χ4n) is 3.64. The molecule has 0 unspecified atom stereocenters. The topological polar surface area (TPSA) is 6.48 Å². The van der Waals surface area contributed by atoms with Gasteiger partial charge in [-0.05, 0) is 0 Å². The van der Waals surface area contributed by atoms with Crippen LogP contribution in [0.3, 0.4) is 0 Å². The Morgan fingerprint density at radius 3 is 0.864 bits per heavy atom. The molecule has 6 fully saturated rings. The summed E-state index contributed by atoms with van der Waals surface area (Å²) in [6.07, 6.45) is 0. The van der Waals surface area contributed by atoms with Crippen LogP contribution in [0.4, 0.5) is 0 Å². The van der Waals surface area contributed by atoms with Gasteiger partial charge in [-0.25, -0.2) is 0 Å². The molecule has 0 aliphatic carbocycles. The van der Waals surface area contributed by atoms with Crippen molar-refractivity contribution >= 4 is 30.6 Å². The second kappa shape index (κ2) is 8.53. The summed E-state index contributed by atoms with van der Waals surface area (Å²) in [5, 5.41) is 0.